The van der Waals surface area contributed by atoms with E-state index in [0.29, 0.717) is 33.4 Å². The first-order valence-electron chi connectivity index (χ1n) is 8.79. The molecule has 2 heterocycles. The molecule has 5 nitrogen and oxygen atoms in total. The van der Waals surface area contributed by atoms with Crippen molar-refractivity contribution >= 4 is 28.5 Å². The van der Waals surface area contributed by atoms with Crippen LogP contribution in [0, 0.1) is 0 Å². The summed E-state index contributed by atoms with van der Waals surface area (Å²) >= 11 is 6.08. The average Bonchev–Trinajstić information content (AvgIpc) is 3.05. The van der Waals surface area contributed by atoms with E-state index in [9.17, 15) is 4.79 Å². The van der Waals surface area contributed by atoms with Crippen LogP contribution in [0.25, 0.3) is 22.4 Å². The Morgan fingerprint density at radius 3 is 2.58 bits per heavy atom. The number of fused-ring (bicyclic) bond motifs is 1. The number of aromatic amines is 1. The summed E-state index contributed by atoms with van der Waals surface area (Å²) in [6, 6.07) is 11.8. The highest BCUT2D eigenvalue weighted by Crippen LogP contribution is 2.30. The van der Waals surface area contributed by atoms with Gasteiger partial charge in [0.05, 0.1) is 11.1 Å². The minimum atomic E-state index is -0.534. The van der Waals surface area contributed by atoms with Crippen LogP contribution in [0.5, 0.6) is 0 Å². The Bertz CT molecular complexity index is 956. The number of hydrogen-bond donors (Lipinski definition) is 2. The Morgan fingerprint density at radius 1 is 1.23 bits per heavy atom. The minimum absolute atomic E-state index is 0.331. The van der Waals surface area contributed by atoms with Gasteiger partial charge in [0.1, 0.15) is 11.3 Å². The van der Waals surface area contributed by atoms with Gasteiger partial charge in [-0.3, -0.25) is 4.79 Å². The lowest BCUT2D eigenvalue weighted by molar-refractivity contribution is 0.100. The quantitative estimate of drug-likeness (QED) is 0.738. The zero-order valence-corrected chi connectivity index (χ0v) is 15.4. The molecule has 1 fully saturated rings. The van der Waals surface area contributed by atoms with Gasteiger partial charge in [0.15, 0.2) is 0 Å². The van der Waals surface area contributed by atoms with Crippen molar-refractivity contribution in [1.82, 2.24) is 14.9 Å². The number of H-pyrrole nitrogens is 1. The highest BCUT2D eigenvalue weighted by atomic mass is 35.5. The van der Waals surface area contributed by atoms with Crippen LogP contribution in [0.3, 0.4) is 0 Å². The lowest BCUT2D eigenvalue weighted by Crippen LogP contribution is -2.29. The van der Waals surface area contributed by atoms with Gasteiger partial charge in [-0.1, -0.05) is 35.9 Å². The number of carbonyl (C=O) groups is 1. The van der Waals surface area contributed by atoms with Gasteiger partial charge in [-0.05, 0) is 56.6 Å². The average molecular weight is 369 g/mol. The summed E-state index contributed by atoms with van der Waals surface area (Å²) in [6.07, 6.45) is 2.39. The fourth-order valence-electron chi connectivity index (χ4n) is 3.66. The summed E-state index contributed by atoms with van der Waals surface area (Å²) in [5.41, 5.74) is 9.40. The normalized spacial score (nSPS) is 16.2. The van der Waals surface area contributed by atoms with Crippen molar-refractivity contribution in [1.29, 1.82) is 0 Å². The van der Waals surface area contributed by atoms with Crippen LogP contribution in [0.4, 0.5) is 0 Å². The Labute approximate surface area is 157 Å². The van der Waals surface area contributed by atoms with Gasteiger partial charge in [-0.25, -0.2) is 4.98 Å². The Morgan fingerprint density at radius 2 is 1.92 bits per heavy atom. The SMILES string of the molecule is CN1CCC(c2ccc(-c3nc4c(C(N)=O)cc(Cl)cc4[nH]3)cc2)CC1. The molecule has 6 heteroatoms. The second-order valence-corrected chi connectivity index (χ2v) is 7.44. The Kier molecular flexibility index (Phi) is 4.42. The third-order valence-corrected chi connectivity index (χ3v) is 5.41. The van der Waals surface area contributed by atoms with Gasteiger partial charge < -0.3 is 15.6 Å². The molecule has 4 rings (SSSR count). The highest BCUT2D eigenvalue weighted by Gasteiger charge is 2.19. The van der Waals surface area contributed by atoms with Gasteiger partial charge in [0, 0.05) is 10.6 Å². The van der Waals surface area contributed by atoms with Crippen molar-refractivity contribution in [3.63, 3.8) is 0 Å². The van der Waals surface area contributed by atoms with E-state index in [1.165, 1.54) is 18.4 Å². The van der Waals surface area contributed by atoms with Crippen molar-refractivity contribution in [3.8, 4) is 11.4 Å². The summed E-state index contributed by atoms with van der Waals surface area (Å²) < 4.78 is 0. The number of carbonyl (C=O) groups excluding carboxylic acids is 1. The molecule has 0 aliphatic carbocycles. The van der Waals surface area contributed by atoms with Crippen LogP contribution < -0.4 is 5.73 Å². The molecular weight excluding hydrogens is 348 g/mol. The number of likely N-dealkylation sites (tertiary alicyclic amines) is 1. The number of nitrogens with one attached hydrogen (secondary N) is 1. The number of halogens is 1. The number of hydrogen-bond acceptors (Lipinski definition) is 3. The molecule has 0 spiro atoms. The molecule has 0 saturated carbocycles. The lowest BCUT2D eigenvalue weighted by atomic mass is 9.89. The van der Waals surface area contributed by atoms with Crippen LogP contribution in [0.15, 0.2) is 36.4 Å². The van der Waals surface area contributed by atoms with Crippen molar-refractivity contribution < 1.29 is 4.79 Å². The summed E-state index contributed by atoms with van der Waals surface area (Å²) in [5, 5.41) is 0.458. The van der Waals surface area contributed by atoms with Crippen LogP contribution in [-0.4, -0.2) is 40.9 Å². The van der Waals surface area contributed by atoms with Gasteiger partial charge in [0.2, 0.25) is 0 Å². The number of primary amides is 1. The van der Waals surface area contributed by atoms with E-state index in [2.05, 4.69) is 46.2 Å². The molecule has 0 bridgehead atoms. The number of rotatable bonds is 3. The number of benzene rings is 2. The smallest absolute Gasteiger partial charge is 0.251 e. The number of nitrogens with two attached hydrogens (primary N) is 1. The summed E-state index contributed by atoms with van der Waals surface area (Å²) in [5.74, 6) is 0.795. The lowest BCUT2D eigenvalue weighted by Gasteiger charge is -2.29. The van der Waals surface area contributed by atoms with Crippen molar-refractivity contribution in [2.24, 2.45) is 5.73 Å². The second-order valence-electron chi connectivity index (χ2n) is 7.00. The van der Waals surface area contributed by atoms with Gasteiger partial charge >= 0.3 is 0 Å². The largest absolute Gasteiger partial charge is 0.366 e. The second kappa shape index (κ2) is 6.74. The fourth-order valence-corrected chi connectivity index (χ4v) is 3.88. The summed E-state index contributed by atoms with van der Waals surface area (Å²) in [6.45, 7) is 2.29. The Hall–Kier alpha value is -2.37. The molecule has 2 aromatic carbocycles. The predicted molar refractivity (Wildman–Crippen MR) is 105 cm³/mol. The maximum atomic E-state index is 11.7. The molecule has 26 heavy (non-hydrogen) atoms. The molecule has 134 valence electrons. The predicted octanol–water partition coefficient (Wildman–Crippen LogP) is 3.79. The van der Waals surface area contributed by atoms with Gasteiger partial charge in [-0.2, -0.15) is 0 Å². The monoisotopic (exact) mass is 368 g/mol. The summed E-state index contributed by atoms with van der Waals surface area (Å²) in [4.78, 5) is 21.9. The molecule has 1 amide bonds. The number of amides is 1. The standard InChI is InChI=1S/C20H21ClN4O/c1-25-8-6-13(7-9-25)12-2-4-14(5-3-12)20-23-17-11-15(21)10-16(19(22)26)18(17)24-20/h2-5,10-11,13H,6-9H2,1H3,(H2,22,26)(H,23,24). The molecule has 1 aliphatic heterocycles. The molecule has 0 atom stereocenters. The van der Waals surface area contributed by atoms with E-state index in [1.54, 1.807) is 12.1 Å². The maximum absolute atomic E-state index is 11.7. The first-order valence-corrected chi connectivity index (χ1v) is 9.17. The molecular formula is C20H21ClN4O. The number of aromatic nitrogens is 2. The molecule has 3 aromatic rings. The molecule has 1 saturated heterocycles. The zero-order valence-electron chi connectivity index (χ0n) is 14.6. The third kappa shape index (κ3) is 3.20. The van der Waals surface area contributed by atoms with E-state index < -0.39 is 5.91 Å². The van der Waals surface area contributed by atoms with Crippen molar-refractivity contribution in [2.75, 3.05) is 20.1 Å². The zero-order chi connectivity index (χ0) is 18.3. The van der Waals surface area contributed by atoms with E-state index in [-0.39, 0.29) is 0 Å². The first-order chi connectivity index (χ1) is 12.5. The van der Waals surface area contributed by atoms with Gasteiger partial charge in [-0.15, -0.1) is 0 Å². The van der Waals surface area contributed by atoms with Crippen LogP contribution >= 0.6 is 11.6 Å². The highest BCUT2D eigenvalue weighted by molar-refractivity contribution is 6.32. The van der Waals surface area contributed by atoms with Crippen LogP contribution in [-0.2, 0) is 0 Å². The van der Waals surface area contributed by atoms with Crippen LogP contribution in [0.2, 0.25) is 5.02 Å². The Balaban J connectivity index is 1.65. The van der Waals surface area contributed by atoms with E-state index >= 15 is 0 Å². The topological polar surface area (TPSA) is 75.0 Å². The number of nitrogens with zero attached hydrogens (tertiary/aromatic N) is 2. The molecule has 1 aliphatic rings. The number of piperidine rings is 1. The minimum Gasteiger partial charge on any atom is -0.366 e. The summed E-state index contributed by atoms with van der Waals surface area (Å²) in [7, 11) is 2.17. The van der Waals surface area contributed by atoms with E-state index in [0.717, 1.165) is 18.7 Å². The van der Waals surface area contributed by atoms with E-state index in [4.69, 9.17) is 17.3 Å². The fraction of sp³-hybridized carbons (Fsp3) is 0.300. The van der Waals surface area contributed by atoms with Crippen molar-refractivity contribution in [3.05, 3.63) is 52.5 Å². The van der Waals surface area contributed by atoms with Gasteiger partial charge in [0.25, 0.3) is 5.91 Å². The van der Waals surface area contributed by atoms with E-state index in [1.807, 2.05) is 0 Å². The molecule has 3 N–H and O–H groups in total. The molecule has 0 unspecified atom stereocenters. The third-order valence-electron chi connectivity index (χ3n) is 5.19. The van der Waals surface area contributed by atoms with Crippen LogP contribution in [0.1, 0.15) is 34.7 Å². The molecule has 1 aromatic heterocycles. The number of imidazole rings is 1. The molecule has 0 radical (unpaired) electrons. The first kappa shape index (κ1) is 17.1. The maximum Gasteiger partial charge on any atom is 0.251 e. The van der Waals surface area contributed by atoms with Crippen molar-refractivity contribution in [2.45, 2.75) is 18.8 Å².